The van der Waals surface area contributed by atoms with E-state index in [9.17, 15) is 37.6 Å². The molecule has 6 atom stereocenters. The zero-order valence-corrected chi connectivity index (χ0v) is 40.4. The lowest BCUT2D eigenvalue weighted by atomic mass is 9.99. The molecule has 0 bridgehead atoms. The Morgan fingerprint density at radius 3 is 1.35 bits per heavy atom. The first kappa shape index (κ1) is 59.1. The number of aliphatic hydroxyl groups is 2. The number of carbonyl (C=O) groups excluding carboxylic acids is 3. The second-order valence-electron chi connectivity index (χ2n) is 17.8. The second kappa shape index (κ2) is 39.3. The maximum atomic E-state index is 12.9. The van der Waals surface area contributed by atoms with E-state index in [0.717, 1.165) is 38.5 Å². The van der Waals surface area contributed by atoms with Crippen LogP contribution in [0.2, 0.25) is 0 Å². The molecule has 1 aliphatic heterocycles. The van der Waals surface area contributed by atoms with Crippen molar-refractivity contribution >= 4 is 28.0 Å². The van der Waals surface area contributed by atoms with Crippen LogP contribution in [0.25, 0.3) is 0 Å². The Balaban J connectivity index is 2.58. The van der Waals surface area contributed by atoms with Gasteiger partial charge in [0.15, 0.2) is 18.5 Å². The van der Waals surface area contributed by atoms with Crippen molar-refractivity contribution < 1.29 is 61.3 Å². The third-order valence-electron chi connectivity index (χ3n) is 11.8. The van der Waals surface area contributed by atoms with Gasteiger partial charge in [-0.1, -0.05) is 194 Å². The number of nitrogens with two attached hydrogens (primary N) is 1. The molecule has 1 heterocycles. The lowest BCUT2D eigenvalue weighted by molar-refractivity contribution is -0.299. The van der Waals surface area contributed by atoms with E-state index in [1.807, 2.05) is 0 Å². The maximum absolute atomic E-state index is 12.9. The number of rotatable bonds is 43. The van der Waals surface area contributed by atoms with Crippen LogP contribution >= 0.6 is 0 Å². The van der Waals surface area contributed by atoms with Crippen molar-refractivity contribution in [3.8, 4) is 0 Å². The van der Waals surface area contributed by atoms with Crippen LogP contribution in [-0.2, 0) is 48.2 Å². The minimum Gasteiger partial charge on any atom is -0.462 e. The lowest BCUT2D eigenvalue weighted by Gasteiger charge is -2.41. The van der Waals surface area contributed by atoms with Gasteiger partial charge in [0.25, 0.3) is 10.1 Å². The zero-order valence-electron chi connectivity index (χ0n) is 39.5. The number of hydrogen-bond acceptors (Lipinski definition) is 13. The van der Waals surface area contributed by atoms with Crippen molar-refractivity contribution in [2.24, 2.45) is 5.73 Å². The summed E-state index contributed by atoms with van der Waals surface area (Å²) in [5.74, 6) is -2.92. The number of esters is 3. The largest absolute Gasteiger partial charge is 0.462 e. The smallest absolute Gasteiger partial charge is 0.307 e. The van der Waals surface area contributed by atoms with E-state index in [-0.39, 0.29) is 32.4 Å². The van der Waals surface area contributed by atoms with E-state index in [0.29, 0.717) is 12.8 Å². The van der Waals surface area contributed by atoms with Gasteiger partial charge in [-0.15, -0.1) is 0 Å². The number of carbonyl (C=O) groups is 3. The fourth-order valence-electron chi connectivity index (χ4n) is 7.96. The molecule has 1 saturated heterocycles. The van der Waals surface area contributed by atoms with Crippen molar-refractivity contribution in [1.29, 1.82) is 0 Å². The predicted octanol–water partition coefficient (Wildman–Crippen LogP) is 9.58. The molecule has 0 aromatic carbocycles. The van der Waals surface area contributed by atoms with Gasteiger partial charge >= 0.3 is 17.9 Å². The minimum atomic E-state index is -4.70. The van der Waals surface area contributed by atoms with Gasteiger partial charge in [0.2, 0.25) is 0 Å². The highest BCUT2D eigenvalue weighted by molar-refractivity contribution is 7.85. The average Bonchev–Trinajstić information content (AvgIpc) is 3.24. The minimum absolute atomic E-state index is 0.0800. The van der Waals surface area contributed by atoms with Gasteiger partial charge in [-0.3, -0.25) is 18.9 Å². The Labute approximate surface area is 381 Å². The monoisotopic (exact) mass is 922 g/mol. The summed E-state index contributed by atoms with van der Waals surface area (Å²) in [6.45, 7) is 3.63. The molecule has 14 nitrogen and oxygen atoms in total. The van der Waals surface area contributed by atoms with E-state index in [4.69, 9.17) is 29.4 Å². The molecule has 0 spiro atoms. The second-order valence-corrected chi connectivity index (χ2v) is 19.3. The molecule has 0 radical (unpaired) electrons. The quantitative estimate of drug-likeness (QED) is 0.0194. The summed E-state index contributed by atoms with van der Waals surface area (Å²) in [7, 11) is -4.70. The molecule has 1 fully saturated rings. The Bertz CT molecular complexity index is 1240. The van der Waals surface area contributed by atoms with E-state index in [1.54, 1.807) is 0 Å². The lowest BCUT2D eigenvalue weighted by Crippen LogP contribution is -2.61. The normalized spacial score (nSPS) is 19.5. The van der Waals surface area contributed by atoms with Gasteiger partial charge < -0.3 is 39.6 Å². The van der Waals surface area contributed by atoms with Gasteiger partial charge in [-0.05, 0) is 12.8 Å². The Morgan fingerprint density at radius 1 is 0.556 bits per heavy atom. The van der Waals surface area contributed by atoms with Crippen LogP contribution in [0.3, 0.4) is 0 Å². The van der Waals surface area contributed by atoms with Crippen LogP contribution in [-0.4, -0.2) is 103 Å². The summed E-state index contributed by atoms with van der Waals surface area (Å²) >= 11 is 0. The van der Waals surface area contributed by atoms with Crippen molar-refractivity contribution in [2.45, 2.75) is 263 Å². The van der Waals surface area contributed by atoms with Crippen molar-refractivity contribution in [2.75, 3.05) is 25.5 Å². The van der Waals surface area contributed by atoms with Crippen molar-refractivity contribution in [3.05, 3.63) is 0 Å². The highest BCUT2D eigenvalue weighted by atomic mass is 32.2. The average molecular weight is 922 g/mol. The van der Waals surface area contributed by atoms with E-state index in [1.165, 1.54) is 141 Å². The topological polar surface area (TPSA) is 218 Å². The summed E-state index contributed by atoms with van der Waals surface area (Å²) in [5.41, 5.74) is 5.39. The SMILES string of the molecule is CCCCCCCCCCCCCCCCCC(=O)OCC(CO[C@H]1O[C@H](CS(=O)(=O)O)[C@@H](OC(=O)CCN)[C@H](O)[C@H]1O)OC(=O)CCCCCCCCCCCCCCCCC. The van der Waals surface area contributed by atoms with Crippen molar-refractivity contribution in [1.82, 2.24) is 0 Å². The number of aliphatic hydroxyl groups excluding tert-OH is 2. The van der Waals surface area contributed by atoms with Gasteiger partial charge in [0, 0.05) is 19.4 Å². The molecule has 1 unspecified atom stereocenters. The first-order valence-electron chi connectivity index (χ1n) is 25.2. The number of ether oxygens (including phenoxy) is 5. The molecule has 0 aromatic rings. The molecule has 0 aliphatic carbocycles. The fraction of sp³-hybridized carbons (Fsp3) is 0.938. The van der Waals surface area contributed by atoms with Gasteiger partial charge in [0.05, 0.1) is 13.0 Å². The predicted molar refractivity (Wildman–Crippen MR) is 247 cm³/mol. The molecule has 1 rings (SSSR count). The van der Waals surface area contributed by atoms with Gasteiger partial charge in [0.1, 0.15) is 30.7 Å². The molecule has 372 valence electrons. The highest BCUT2D eigenvalue weighted by Crippen LogP contribution is 2.27. The molecule has 0 amide bonds. The number of hydrogen-bond donors (Lipinski definition) is 4. The Kier molecular flexibility index (Phi) is 36.9. The van der Waals surface area contributed by atoms with E-state index < -0.39 is 77.2 Å². The molecule has 1 aliphatic rings. The molecule has 63 heavy (non-hydrogen) atoms. The third kappa shape index (κ3) is 33.3. The molecule has 0 aromatic heterocycles. The van der Waals surface area contributed by atoms with Gasteiger partial charge in [-0.2, -0.15) is 8.42 Å². The highest BCUT2D eigenvalue weighted by Gasteiger charge is 2.48. The van der Waals surface area contributed by atoms with Crippen molar-refractivity contribution in [3.63, 3.8) is 0 Å². The zero-order chi connectivity index (χ0) is 46.4. The van der Waals surface area contributed by atoms with E-state index >= 15 is 0 Å². The first-order valence-corrected chi connectivity index (χ1v) is 26.9. The van der Waals surface area contributed by atoms with Crippen LogP contribution in [0.1, 0.15) is 226 Å². The molecular weight excluding hydrogens is 831 g/mol. The third-order valence-corrected chi connectivity index (χ3v) is 12.5. The van der Waals surface area contributed by atoms with Crippen LogP contribution in [0.4, 0.5) is 0 Å². The molecule has 0 saturated carbocycles. The van der Waals surface area contributed by atoms with Crippen LogP contribution < -0.4 is 5.73 Å². The molecule has 5 N–H and O–H groups in total. The summed E-state index contributed by atoms with van der Waals surface area (Å²) in [4.78, 5) is 37.8. The van der Waals surface area contributed by atoms with Gasteiger partial charge in [-0.25, -0.2) is 0 Å². The molecule has 15 heteroatoms. The summed E-state index contributed by atoms with van der Waals surface area (Å²) < 4.78 is 60.7. The van der Waals surface area contributed by atoms with Crippen LogP contribution in [0.5, 0.6) is 0 Å². The summed E-state index contributed by atoms with van der Waals surface area (Å²) in [6.07, 6.45) is 26.4. The summed E-state index contributed by atoms with van der Waals surface area (Å²) in [5, 5.41) is 21.6. The Morgan fingerprint density at radius 2 is 0.952 bits per heavy atom. The number of unbranched alkanes of at least 4 members (excludes halogenated alkanes) is 28. The maximum Gasteiger partial charge on any atom is 0.307 e. The van der Waals surface area contributed by atoms with Crippen LogP contribution in [0.15, 0.2) is 0 Å². The standard InChI is InChI=1S/C48H91NO13S/c1-3-5-7-9-11-13-15-17-19-21-23-25-27-29-31-33-42(50)58-37-40(60-43(51)34-32-30-28-26-24-22-20-18-16-14-12-10-8-6-4-2)38-59-48-46(54)45(53)47(62-44(52)35-36-49)41(61-48)39-63(55,56)57/h40-41,45-48,53-54H,3-39,49H2,1-2H3,(H,55,56,57)/t40?,41-,45-,46-,47-,48+/m1/s1. The first-order chi connectivity index (χ1) is 30.4. The van der Waals surface area contributed by atoms with E-state index in [2.05, 4.69) is 13.8 Å². The fourth-order valence-corrected chi connectivity index (χ4v) is 8.65. The Hall–Kier alpha value is -1.88. The van der Waals surface area contributed by atoms with Crippen LogP contribution in [0, 0.1) is 0 Å². The summed E-state index contributed by atoms with van der Waals surface area (Å²) in [6, 6.07) is 0. The molecular formula is C48H91NO13S.